The number of carbonyl (C=O) groups excluding carboxylic acids is 1. The Morgan fingerprint density at radius 2 is 1.92 bits per heavy atom. The Hall–Kier alpha value is -1.89. The Balaban J connectivity index is 1.84. The fraction of sp³-hybridized carbons (Fsp3) is 0.722. The van der Waals surface area contributed by atoms with E-state index in [0.29, 0.717) is 31.6 Å². The second kappa shape index (κ2) is 7.15. The summed E-state index contributed by atoms with van der Waals surface area (Å²) in [6, 6.07) is 0.240. The standard InChI is InChI=1S/C18H27N3O4/c1-13-15(12-19-21(13)14-6-10-25-11-7-14)16(22)20(2)18(17(23)24)8-4-3-5-9-18/h12,14H,3-11H2,1-2H3,(H,23,24). The molecule has 7 heteroatoms. The highest BCUT2D eigenvalue weighted by molar-refractivity contribution is 5.98. The van der Waals surface area contributed by atoms with Crippen LogP contribution >= 0.6 is 0 Å². The summed E-state index contributed by atoms with van der Waals surface area (Å²) in [6.07, 6.45) is 7.07. The lowest BCUT2D eigenvalue weighted by molar-refractivity contribution is -0.151. The lowest BCUT2D eigenvalue weighted by atomic mass is 9.80. The summed E-state index contributed by atoms with van der Waals surface area (Å²) < 4.78 is 7.29. The third-order valence-corrected chi connectivity index (χ3v) is 5.84. The maximum Gasteiger partial charge on any atom is 0.329 e. The Kier molecular flexibility index (Phi) is 5.13. The van der Waals surface area contributed by atoms with Crippen LogP contribution in [0.4, 0.5) is 0 Å². The molecule has 2 aliphatic rings. The van der Waals surface area contributed by atoms with Crippen LogP contribution in [0.25, 0.3) is 0 Å². The van der Waals surface area contributed by atoms with E-state index in [4.69, 9.17) is 4.74 Å². The minimum Gasteiger partial charge on any atom is -0.479 e. The molecule has 1 aromatic heterocycles. The predicted octanol–water partition coefficient (Wildman–Crippen LogP) is 2.40. The lowest BCUT2D eigenvalue weighted by Gasteiger charge is -2.41. The molecule has 0 radical (unpaired) electrons. The van der Waals surface area contributed by atoms with Gasteiger partial charge in [0.05, 0.1) is 17.8 Å². The first kappa shape index (κ1) is 17.9. The first-order chi connectivity index (χ1) is 12.0. The summed E-state index contributed by atoms with van der Waals surface area (Å²) >= 11 is 0. The molecule has 0 unspecified atom stereocenters. The van der Waals surface area contributed by atoms with Crippen LogP contribution in [0.1, 0.15) is 67.0 Å². The van der Waals surface area contributed by atoms with Gasteiger partial charge in [-0.15, -0.1) is 0 Å². The SMILES string of the molecule is Cc1c(C(=O)N(C)C2(C(=O)O)CCCCC2)cnn1C1CCOCC1. The Morgan fingerprint density at radius 1 is 1.28 bits per heavy atom. The monoisotopic (exact) mass is 349 g/mol. The summed E-state index contributed by atoms with van der Waals surface area (Å²) in [6.45, 7) is 3.29. The number of rotatable bonds is 4. The molecule has 1 saturated carbocycles. The molecule has 0 atom stereocenters. The molecule has 0 spiro atoms. The average Bonchev–Trinajstić information content (AvgIpc) is 3.03. The van der Waals surface area contributed by atoms with Crippen molar-refractivity contribution in [2.75, 3.05) is 20.3 Å². The van der Waals surface area contributed by atoms with Gasteiger partial charge in [-0.1, -0.05) is 19.3 Å². The highest BCUT2D eigenvalue weighted by Gasteiger charge is 2.46. The van der Waals surface area contributed by atoms with Crippen molar-refractivity contribution in [1.29, 1.82) is 0 Å². The molecular formula is C18H27N3O4. The van der Waals surface area contributed by atoms with Gasteiger partial charge in [0.25, 0.3) is 5.91 Å². The Morgan fingerprint density at radius 3 is 2.52 bits per heavy atom. The maximum absolute atomic E-state index is 13.1. The highest BCUT2D eigenvalue weighted by Crippen LogP contribution is 2.34. The minimum atomic E-state index is -1.09. The highest BCUT2D eigenvalue weighted by atomic mass is 16.5. The van der Waals surface area contributed by atoms with Crippen molar-refractivity contribution in [2.45, 2.75) is 63.5 Å². The van der Waals surface area contributed by atoms with E-state index in [9.17, 15) is 14.7 Å². The second-order valence-corrected chi connectivity index (χ2v) is 7.19. The molecule has 1 amide bonds. The molecule has 1 aromatic rings. The van der Waals surface area contributed by atoms with Gasteiger partial charge in [-0.3, -0.25) is 9.48 Å². The molecule has 0 aromatic carbocycles. The molecule has 2 heterocycles. The zero-order chi connectivity index (χ0) is 18.0. The average molecular weight is 349 g/mol. The zero-order valence-electron chi connectivity index (χ0n) is 15.0. The van der Waals surface area contributed by atoms with Crippen molar-refractivity contribution in [1.82, 2.24) is 14.7 Å². The van der Waals surface area contributed by atoms with E-state index in [0.717, 1.165) is 37.8 Å². The Bertz CT molecular complexity index is 643. The van der Waals surface area contributed by atoms with Crippen molar-refractivity contribution in [3.63, 3.8) is 0 Å². The maximum atomic E-state index is 13.1. The van der Waals surface area contributed by atoms with Gasteiger partial charge in [0.1, 0.15) is 5.54 Å². The van der Waals surface area contributed by atoms with Crippen LogP contribution in [-0.4, -0.2) is 57.5 Å². The molecule has 0 bridgehead atoms. The molecule has 1 saturated heterocycles. The first-order valence-corrected chi connectivity index (χ1v) is 9.11. The molecule has 25 heavy (non-hydrogen) atoms. The van der Waals surface area contributed by atoms with Gasteiger partial charge in [0.2, 0.25) is 0 Å². The Labute approximate surface area is 147 Å². The van der Waals surface area contributed by atoms with E-state index in [1.807, 2.05) is 11.6 Å². The zero-order valence-corrected chi connectivity index (χ0v) is 15.0. The summed E-state index contributed by atoms with van der Waals surface area (Å²) in [4.78, 5) is 26.5. The van der Waals surface area contributed by atoms with E-state index in [1.165, 1.54) is 4.90 Å². The van der Waals surface area contributed by atoms with E-state index < -0.39 is 11.5 Å². The van der Waals surface area contributed by atoms with Crippen molar-refractivity contribution in [3.05, 3.63) is 17.5 Å². The number of ether oxygens (including phenoxy) is 1. The molecule has 138 valence electrons. The molecule has 2 fully saturated rings. The summed E-state index contributed by atoms with van der Waals surface area (Å²) in [5, 5.41) is 14.2. The smallest absolute Gasteiger partial charge is 0.329 e. The van der Waals surface area contributed by atoms with Gasteiger partial charge in [0, 0.05) is 26.0 Å². The van der Waals surface area contributed by atoms with Gasteiger partial charge in [-0.05, 0) is 32.6 Å². The minimum absolute atomic E-state index is 0.240. The van der Waals surface area contributed by atoms with Gasteiger partial charge >= 0.3 is 5.97 Å². The van der Waals surface area contributed by atoms with Gasteiger partial charge in [-0.2, -0.15) is 5.10 Å². The van der Waals surface area contributed by atoms with Crippen molar-refractivity contribution in [3.8, 4) is 0 Å². The number of nitrogens with zero attached hydrogens (tertiary/aromatic N) is 3. The van der Waals surface area contributed by atoms with Crippen molar-refractivity contribution in [2.24, 2.45) is 0 Å². The van der Waals surface area contributed by atoms with Crippen LogP contribution < -0.4 is 0 Å². The quantitative estimate of drug-likeness (QED) is 0.902. The van der Waals surface area contributed by atoms with E-state index in [2.05, 4.69) is 5.10 Å². The molecular weight excluding hydrogens is 322 g/mol. The fourth-order valence-corrected chi connectivity index (χ4v) is 4.14. The first-order valence-electron chi connectivity index (χ1n) is 9.11. The number of aromatic nitrogens is 2. The van der Waals surface area contributed by atoms with Crippen LogP contribution in [0.2, 0.25) is 0 Å². The van der Waals surface area contributed by atoms with Crippen molar-refractivity contribution >= 4 is 11.9 Å². The van der Waals surface area contributed by atoms with Crippen LogP contribution in [0.15, 0.2) is 6.20 Å². The van der Waals surface area contributed by atoms with Crippen molar-refractivity contribution < 1.29 is 19.4 Å². The molecule has 3 rings (SSSR count). The molecule has 7 nitrogen and oxygen atoms in total. The van der Waals surface area contributed by atoms with E-state index in [1.54, 1.807) is 13.2 Å². The fourth-order valence-electron chi connectivity index (χ4n) is 4.14. The summed E-state index contributed by atoms with van der Waals surface area (Å²) in [7, 11) is 1.62. The number of carbonyl (C=O) groups is 2. The number of hydrogen-bond acceptors (Lipinski definition) is 4. The molecule has 1 aliphatic carbocycles. The summed E-state index contributed by atoms with van der Waals surface area (Å²) in [5.41, 5.74) is 0.211. The summed E-state index contributed by atoms with van der Waals surface area (Å²) in [5.74, 6) is -1.15. The number of aliphatic carboxylic acids is 1. The van der Waals surface area contributed by atoms with E-state index >= 15 is 0 Å². The topological polar surface area (TPSA) is 84.7 Å². The lowest BCUT2D eigenvalue weighted by Crippen LogP contribution is -2.56. The number of carboxylic acids is 1. The number of hydrogen-bond donors (Lipinski definition) is 1. The third-order valence-electron chi connectivity index (χ3n) is 5.84. The van der Waals surface area contributed by atoms with Crippen LogP contribution in [-0.2, 0) is 9.53 Å². The number of carboxylic acid groups (broad SMARTS) is 1. The van der Waals surface area contributed by atoms with Crippen LogP contribution in [0.5, 0.6) is 0 Å². The van der Waals surface area contributed by atoms with Gasteiger partial charge < -0.3 is 14.7 Å². The van der Waals surface area contributed by atoms with Crippen LogP contribution in [0.3, 0.4) is 0 Å². The predicted molar refractivity (Wildman–Crippen MR) is 91.6 cm³/mol. The molecule has 1 N–H and O–H groups in total. The second-order valence-electron chi connectivity index (χ2n) is 7.19. The number of likely N-dealkylation sites (N-methyl/N-ethyl adjacent to an activating group) is 1. The van der Waals surface area contributed by atoms with E-state index in [-0.39, 0.29) is 11.9 Å². The normalized spacial score (nSPS) is 21.0. The third kappa shape index (κ3) is 3.17. The van der Waals surface area contributed by atoms with Crippen LogP contribution in [0, 0.1) is 6.92 Å². The number of amides is 1. The van der Waals surface area contributed by atoms with Gasteiger partial charge in [-0.25, -0.2) is 4.79 Å². The largest absolute Gasteiger partial charge is 0.479 e. The molecule has 1 aliphatic heterocycles. The van der Waals surface area contributed by atoms with Gasteiger partial charge in [0.15, 0.2) is 0 Å².